The Morgan fingerprint density at radius 1 is 1.00 bits per heavy atom. The van der Waals surface area contributed by atoms with Crippen molar-refractivity contribution >= 4 is 41.5 Å². The lowest BCUT2D eigenvalue weighted by Crippen LogP contribution is -2.36. The van der Waals surface area contributed by atoms with E-state index >= 15 is 0 Å². The van der Waals surface area contributed by atoms with E-state index in [1.165, 1.54) is 16.7 Å². The predicted octanol–water partition coefficient (Wildman–Crippen LogP) is 4.27. The zero-order valence-electron chi connectivity index (χ0n) is 15.6. The van der Waals surface area contributed by atoms with Gasteiger partial charge in [-0.1, -0.05) is 48.0 Å². The highest BCUT2D eigenvalue weighted by Gasteiger charge is 2.01. The first kappa shape index (κ1) is 22.7. The minimum absolute atomic E-state index is 0. The summed E-state index contributed by atoms with van der Waals surface area (Å²) in [6.07, 6.45) is 0. The fourth-order valence-corrected chi connectivity index (χ4v) is 2.62. The quantitative estimate of drug-likeness (QED) is 0.349. The lowest BCUT2D eigenvalue weighted by molar-refractivity contribution is 0.402. The average molecular weight is 487 g/mol. The Morgan fingerprint density at radius 3 is 2.35 bits per heavy atom. The Bertz CT molecular complexity index is 686. The molecule has 4 nitrogen and oxygen atoms in total. The molecule has 0 atom stereocenters. The van der Waals surface area contributed by atoms with Gasteiger partial charge in [-0.15, -0.1) is 24.0 Å². The van der Waals surface area contributed by atoms with Crippen molar-refractivity contribution in [3.63, 3.8) is 0 Å². The molecule has 0 unspecified atom stereocenters. The Hall–Kier alpha value is -1.31. The highest BCUT2D eigenvalue weighted by Crippen LogP contribution is 2.10. The van der Waals surface area contributed by atoms with E-state index in [0.717, 1.165) is 24.1 Å². The van der Waals surface area contributed by atoms with Gasteiger partial charge in [0.15, 0.2) is 5.96 Å². The predicted molar refractivity (Wildman–Crippen MR) is 122 cm³/mol. The third-order valence-electron chi connectivity index (χ3n) is 3.63. The summed E-state index contributed by atoms with van der Waals surface area (Å²) in [5, 5.41) is 7.40. The van der Waals surface area contributed by atoms with Gasteiger partial charge in [0.25, 0.3) is 0 Å². The first-order valence-corrected chi connectivity index (χ1v) is 8.94. The number of hydrogen-bond acceptors (Lipinski definition) is 2. The molecule has 0 aliphatic carbocycles. The lowest BCUT2D eigenvalue weighted by atomic mass is 10.1. The van der Waals surface area contributed by atoms with E-state index in [0.29, 0.717) is 13.1 Å². The summed E-state index contributed by atoms with van der Waals surface area (Å²) < 4.78 is 0. The molecule has 0 amide bonds. The van der Waals surface area contributed by atoms with Crippen LogP contribution in [0.4, 0.5) is 0 Å². The lowest BCUT2D eigenvalue weighted by Gasteiger charge is -2.12. The summed E-state index contributed by atoms with van der Waals surface area (Å²) in [6, 6.07) is 16.4. The standard InChI is InChI=1S/C20H27ClN4.HI/c1-4-22-20(23-13-16-8-10-19(21)11-9-16)24-14-17-6-5-7-18(12-17)15-25(2)3;/h5-12H,4,13-15H2,1-3H3,(H2,22,23,24);1H. The fraction of sp³-hybridized carbons (Fsp3) is 0.350. The normalized spacial score (nSPS) is 11.2. The van der Waals surface area contributed by atoms with Crippen molar-refractivity contribution in [3.8, 4) is 0 Å². The van der Waals surface area contributed by atoms with Gasteiger partial charge in [0.1, 0.15) is 0 Å². The summed E-state index contributed by atoms with van der Waals surface area (Å²) in [4.78, 5) is 6.86. The SMILES string of the molecule is CCNC(=NCc1cccc(CN(C)C)c1)NCc1ccc(Cl)cc1.I. The molecule has 0 aliphatic rings. The molecule has 2 aromatic carbocycles. The van der Waals surface area contributed by atoms with Crippen LogP contribution < -0.4 is 10.6 Å². The number of nitrogens with zero attached hydrogens (tertiary/aromatic N) is 2. The number of hydrogen-bond donors (Lipinski definition) is 2. The van der Waals surface area contributed by atoms with Crippen molar-refractivity contribution in [1.82, 2.24) is 15.5 Å². The van der Waals surface area contributed by atoms with E-state index in [-0.39, 0.29) is 24.0 Å². The minimum Gasteiger partial charge on any atom is -0.357 e. The molecule has 0 spiro atoms. The molecule has 0 fully saturated rings. The first-order chi connectivity index (χ1) is 12.1. The van der Waals surface area contributed by atoms with Gasteiger partial charge in [0.2, 0.25) is 0 Å². The summed E-state index contributed by atoms with van der Waals surface area (Å²) in [6.45, 7) is 5.19. The monoisotopic (exact) mass is 486 g/mol. The van der Waals surface area contributed by atoms with Crippen molar-refractivity contribution in [2.24, 2.45) is 4.99 Å². The summed E-state index contributed by atoms with van der Waals surface area (Å²) in [5.74, 6) is 0.815. The van der Waals surface area contributed by atoms with E-state index in [9.17, 15) is 0 Å². The van der Waals surface area contributed by atoms with Crippen molar-refractivity contribution in [3.05, 3.63) is 70.2 Å². The smallest absolute Gasteiger partial charge is 0.191 e. The van der Waals surface area contributed by atoms with E-state index in [1.54, 1.807) is 0 Å². The molecule has 2 aromatic rings. The second kappa shape index (κ2) is 12.1. The topological polar surface area (TPSA) is 39.7 Å². The third-order valence-corrected chi connectivity index (χ3v) is 3.88. The molecule has 0 bridgehead atoms. The van der Waals surface area contributed by atoms with Crippen LogP contribution in [0.1, 0.15) is 23.6 Å². The van der Waals surface area contributed by atoms with Crippen LogP contribution in [0, 0.1) is 0 Å². The summed E-state index contributed by atoms with van der Waals surface area (Å²) in [5.41, 5.74) is 3.68. The fourth-order valence-electron chi connectivity index (χ4n) is 2.49. The van der Waals surface area contributed by atoms with Crippen molar-refractivity contribution in [2.75, 3.05) is 20.6 Å². The molecule has 2 rings (SSSR count). The van der Waals surface area contributed by atoms with Crippen LogP contribution in [0.5, 0.6) is 0 Å². The minimum atomic E-state index is 0. The maximum atomic E-state index is 5.93. The number of rotatable bonds is 7. The average Bonchev–Trinajstić information content (AvgIpc) is 2.58. The number of guanidine groups is 1. The molecule has 142 valence electrons. The third kappa shape index (κ3) is 8.38. The van der Waals surface area contributed by atoms with Crippen LogP contribution in [0.3, 0.4) is 0 Å². The van der Waals surface area contributed by atoms with Crippen LogP contribution in [0.15, 0.2) is 53.5 Å². The van der Waals surface area contributed by atoms with Crippen molar-refractivity contribution in [1.29, 1.82) is 0 Å². The molecule has 0 radical (unpaired) electrons. The van der Waals surface area contributed by atoms with Crippen LogP contribution in [0.2, 0.25) is 5.02 Å². The van der Waals surface area contributed by atoms with E-state index in [1.807, 2.05) is 24.3 Å². The summed E-state index contributed by atoms with van der Waals surface area (Å²) in [7, 11) is 4.16. The van der Waals surface area contributed by atoms with Crippen LogP contribution >= 0.6 is 35.6 Å². The second-order valence-electron chi connectivity index (χ2n) is 6.23. The number of halogens is 2. The molecule has 0 aliphatic heterocycles. The first-order valence-electron chi connectivity index (χ1n) is 8.56. The largest absolute Gasteiger partial charge is 0.357 e. The molecule has 6 heteroatoms. The van der Waals surface area contributed by atoms with Gasteiger partial charge >= 0.3 is 0 Å². The summed E-state index contributed by atoms with van der Waals surface area (Å²) >= 11 is 5.93. The number of benzene rings is 2. The zero-order chi connectivity index (χ0) is 18.1. The van der Waals surface area contributed by atoms with Crippen LogP contribution in [-0.2, 0) is 19.6 Å². The Morgan fingerprint density at radius 2 is 1.69 bits per heavy atom. The maximum Gasteiger partial charge on any atom is 0.191 e. The van der Waals surface area contributed by atoms with Gasteiger partial charge in [-0.05, 0) is 49.8 Å². The maximum absolute atomic E-state index is 5.93. The molecular weight excluding hydrogens is 459 g/mol. The Labute approximate surface area is 179 Å². The van der Waals surface area contributed by atoms with Gasteiger partial charge in [0, 0.05) is 24.7 Å². The zero-order valence-corrected chi connectivity index (χ0v) is 18.7. The van der Waals surface area contributed by atoms with E-state index < -0.39 is 0 Å². The van der Waals surface area contributed by atoms with Crippen molar-refractivity contribution < 1.29 is 0 Å². The van der Waals surface area contributed by atoms with E-state index in [2.05, 4.69) is 60.8 Å². The van der Waals surface area contributed by atoms with Gasteiger partial charge in [-0.2, -0.15) is 0 Å². The Kier molecular flexibility index (Phi) is 10.6. The molecule has 0 aromatic heterocycles. The van der Waals surface area contributed by atoms with Crippen LogP contribution in [0.25, 0.3) is 0 Å². The van der Waals surface area contributed by atoms with Gasteiger partial charge in [-0.25, -0.2) is 4.99 Å². The van der Waals surface area contributed by atoms with Crippen LogP contribution in [-0.4, -0.2) is 31.5 Å². The molecule has 2 N–H and O–H groups in total. The van der Waals surface area contributed by atoms with Gasteiger partial charge in [-0.3, -0.25) is 0 Å². The van der Waals surface area contributed by atoms with E-state index in [4.69, 9.17) is 16.6 Å². The highest BCUT2D eigenvalue weighted by atomic mass is 127. The molecule has 26 heavy (non-hydrogen) atoms. The number of aliphatic imine (C=N–C) groups is 1. The highest BCUT2D eigenvalue weighted by molar-refractivity contribution is 14.0. The van der Waals surface area contributed by atoms with Gasteiger partial charge < -0.3 is 15.5 Å². The number of nitrogens with one attached hydrogen (secondary N) is 2. The molecular formula is C20H28ClIN4. The molecule has 0 saturated heterocycles. The molecule has 0 saturated carbocycles. The second-order valence-corrected chi connectivity index (χ2v) is 6.67. The van der Waals surface area contributed by atoms with Gasteiger partial charge in [0.05, 0.1) is 6.54 Å². The van der Waals surface area contributed by atoms with Crippen molar-refractivity contribution in [2.45, 2.75) is 26.6 Å². The Balaban J connectivity index is 0.00000338. The molecule has 0 heterocycles.